The van der Waals surface area contributed by atoms with Crippen molar-refractivity contribution in [2.75, 3.05) is 20.2 Å². The maximum absolute atomic E-state index is 12.4. The number of ether oxygens (including phenoxy) is 1. The van der Waals surface area contributed by atoms with E-state index >= 15 is 0 Å². The minimum absolute atomic E-state index is 0.0205. The van der Waals surface area contributed by atoms with Gasteiger partial charge >= 0.3 is 6.09 Å². The Kier molecular flexibility index (Phi) is 5.00. The first kappa shape index (κ1) is 16.3. The molecule has 7 nitrogen and oxygen atoms in total. The summed E-state index contributed by atoms with van der Waals surface area (Å²) in [6.07, 6.45) is 0.600. The summed E-state index contributed by atoms with van der Waals surface area (Å²) in [7, 11) is -2.44. The summed E-state index contributed by atoms with van der Waals surface area (Å²) in [5.74, 6) is 0. The zero-order valence-electron chi connectivity index (χ0n) is 12.2. The van der Waals surface area contributed by atoms with Crippen molar-refractivity contribution in [3.63, 3.8) is 0 Å². The van der Waals surface area contributed by atoms with E-state index in [0.29, 0.717) is 25.9 Å². The minimum atomic E-state index is -3.75. The Bertz CT molecular complexity index is 688. The predicted octanol–water partition coefficient (Wildman–Crippen LogP) is 1.07. The van der Waals surface area contributed by atoms with Crippen molar-refractivity contribution in [3.05, 3.63) is 29.8 Å². The Hall–Kier alpha value is -2.11. The number of nitrogens with zero attached hydrogens (tertiary/aromatic N) is 2. The lowest BCUT2D eigenvalue weighted by atomic mass is 10.1. The number of likely N-dealkylation sites (tertiary alicyclic amines) is 1. The van der Waals surface area contributed by atoms with Crippen molar-refractivity contribution in [1.29, 1.82) is 5.26 Å². The van der Waals surface area contributed by atoms with Crippen LogP contribution in [0.5, 0.6) is 0 Å². The second-order valence-electron chi connectivity index (χ2n) is 4.96. The molecule has 1 aliphatic heterocycles. The zero-order chi connectivity index (χ0) is 16.2. The number of hydrogen-bond donors (Lipinski definition) is 1. The van der Waals surface area contributed by atoms with Crippen LogP contribution >= 0.6 is 0 Å². The number of methoxy groups -OCH3 is 1. The fourth-order valence-corrected chi connectivity index (χ4v) is 3.85. The monoisotopic (exact) mass is 323 g/mol. The van der Waals surface area contributed by atoms with Crippen molar-refractivity contribution in [1.82, 2.24) is 9.62 Å². The minimum Gasteiger partial charge on any atom is -0.453 e. The molecule has 1 saturated heterocycles. The SMILES string of the molecule is COC(=O)N1CCC(NS(=O)(=O)c2ccccc2C#N)CC1. The van der Waals surface area contributed by atoms with E-state index in [4.69, 9.17) is 5.26 Å². The standard InChI is InChI=1S/C14H17N3O4S/c1-21-14(18)17-8-6-12(7-9-17)16-22(19,20)13-5-3-2-4-11(13)10-15/h2-5,12,16H,6-9H2,1H3. The van der Waals surface area contributed by atoms with Crippen LogP contribution in [0.4, 0.5) is 4.79 Å². The first-order valence-electron chi connectivity index (χ1n) is 6.82. The van der Waals surface area contributed by atoms with Gasteiger partial charge in [-0.2, -0.15) is 5.26 Å². The first-order chi connectivity index (χ1) is 10.5. The van der Waals surface area contributed by atoms with Gasteiger partial charge in [0, 0.05) is 19.1 Å². The topological polar surface area (TPSA) is 99.5 Å². The van der Waals surface area contributed by atoms with Crippen molar-refractivity contribution >= 4 is 16.1 Å². The number of sulfonamides is 1. The lowest BCUT2D eigenvalue weighted by molar-refractivity contribution is 0.111. The summed E-state index contributed by atoms with van der Waals surface area (Å²) in [6, 6.07) is 7.68. The van der Waals surface area contributed by atoms with Crippen LogP contribution in [-0.2, 0) is 14.8 Å². The summed E-state index contributed by atoms with van der Waals surface area (Å²) < 4.78 is 32.0. The van der Waals surface area contributed by atoms with E-state index in [1.807, 2.05) is 6.07 Å². The molecule has 0 saturated carbocycles. The van der Waals surface area contributed by atoms with Gasteiger partial charge in [-0.3, -0.25) is 0 Å². The molecular weight excluding hydrogens is 306 g/mol. The van der Waals surface area contributed by atoms with Crippen LogP contribution < -0.4 is 4.72 Å². The van der Waals surface area contributed by atoms with Crippen LogP contribution in [0.3, 0.4) is 0 Å². The van der Waals surface area contributed by atoms with Gasteiger partial charge in [-0.15, -0.1) is 0 Å². The van der Waals surface area contributed by atoms with Crippen molar-refractivity contribution < 1.29 is 17.9 Å². The molecule has 0 spiro atoms. The lowest BCUT2D eigenvalue weighted by Gasteiger charge is -2.31. The molecule has 0 bridgehead atoms. The summed E-state index contributed by atoms with van der Waals surface area (Å²) in [6.45, 7) is 0.861. The molecule has 2 rings (SSSR count). The van der Waals surface area contributed by atoms with Gasteiger partial charge in [-0.25, -0.2) is 17.9 Å². The third-order valence-corrected chi connectivity index (χ3v) is 5.13. The van der Waals surface area contributed by atoms with Gasteiger partial charge in [-0.05, 0) is 25.0 Å². The number of rotatable bonds is 3. The molecule has 1 aliphatic rings. The van der Waals surface area contributed by atoms with Gasteiger partial charge < -0.3 is 9.64 Å². The fraction of sp³-hybridized carbons (Fsp3) is 0.429. The Labute approximate surface area is 129 Å². The van der Waals surface area contributed by atoms with Gasteiger partial charge in [0.2, 0.25) is 10.0 Å². The average molecular weight is 323 g/mol. The number of hydrogen-bond acceptors (Lipinski definition) is 5. The van der Waals surface area contributed by atoms with Crippen LogP contribution in [0.1, 0.15) is 18.4 Å². The molecule has 1 amide bonds. The van der Waals surface area contributed by atoms with Gasteiger partial charge in [0.1, 0.15) is 6.07 Å². The maximum atomic E-state index is 12.4. The molecule has 0 atom stereocenters. The third kappa shape index (κ3) is 3.55. The van der Waals surface area contributed by atoms with E-state index in [2.05, 4.69) is 9.46 Å². The Morgan fingerprint density at radius 2 is 2.00 bits per heavy atom. The van der Waals surface area contributed by atoms with Gasteiger partial charge in [-0.1, -0.05) is 12.1 Å². The molecule has 1 N–H and O–H groups in total. The molecule has 1 aromatic rings. The first-order valence-corrected chi connectivity index (χ1v) is 8.30. The number of nitriles is 1. The van der Waals surface area contributed by atoms with Crippen molar-refractivity contribution in [2.24, 2.45) is 0 Å². The molecule has 0 unspecified atom stereocenters. The fourth-order valence-electron chi connectivity index (χ4n) is 2.39. The molecule has 0 aromatic heterocycles. The second kappa shape index (κ2) is 6.77. The summed E-state index contributed by atoms with van der Waals surface area (Å²) in [5.41, 5.74) is 0.113. The summed E-state index contributed by atoms with van der Waals surface area (Å²) in [4.78, 5) is 12.9. The van der Waals surface area contributed by atoms with E-state index in [9.17, 15) is 13.2 Å². The Morgan fingerprint density at radius 1 is 1.36 bits per heavy atom. The number of amides is 1. The van der Waals surface area contributed by atoms with Crippen LogP contribution in [0.15, 0.2) is 29.2 Å². The highest BCUT2D eigenvalue weighted by atomic mass is 32.2. The van der Waals surface area contributed by atoms with Gasteiger partial charge in [0.05, 0.1) is 17.6 Å². The number of carbonyl (C=O) groups is 1. The third-order valence-electron chi connectivity index (χ3n) is 3.55. The highest BCUT2D eigenvalue weighted by Gasteiger charge is 2.28. The van der Waals surface area contributed by atoms with E-state index < -0.39 is 16.1 Å². The quantitative estimate of drug-likeness (QED) is 0.897. The summed E-state index contributed by atoms with van der Waals surface area (Å²) >= 11 is 0. The van der Waals surface area contributed by atoms with Crippen LogP contribution in [0.25, 0.3) is 0 Å². The highest BCUT2D eigenvalue weighted by molar-refractivity contribution is 7.89. The number of benzene rings is 1. The smallest absolute Gasteiger partial charge is 0.409 e. The van der Waals surface area contributed by atoms with Crippen LogP contribution in [0, 0.1) is 11.3 Å². The maximum Gasteiger partial charge on any atom is 0.409 e. The predicted molar refractivity (Wildman–Crippen MR) is 78.5 cm³/mol. The van der Waals surface area contributed by atoms with Crippen molar-refractivity contribution in [3.8, 4) is 6.07 Å². The largest absolute Gasteiger partial charge is 0.453 e. The normalized spacial score (nSPS) is 16.1. The number of carbonyl (C=O) groups excluding carboxylic acids is 1. The van der Waals surface area contributed by atoms with Gasteiger partial charge in [0.15, 0.2) is 0 Å². The average Bonchev–Trinajstić information content (AvgIpc) is 2.54. The molecule has 1 heterocycles. The molecular formula is C14H17N3O4S. The zero-order valence-corrected chi connectivity index (χ0v) is 13.0. The molecule has 0 aliphatic carbocycles. The molecule has 22 heavy (non-hydrogen) atoms. The molecule has 0 radical (unpaired) electrons. The van der Waals surface area contributed by atoms with E-state index in [-0.39, 0.29) is 16.5 Å². The van der Waals surface area contributed by atoms with E-state index in [1.54, 1.807) is 12.1 Å². The van der Waals surface area contributed by atoms with Gasteiger partial charge in [0.25, 0.3) is 0 Å². The Balaban J connectivity index is 2.05. The second-order valence-corrected chi connectivity index (χ2v) is 6.64. The number of nitrogens with one attached hydrogen (secondary N) is 1. The van der Waals surface area contributed by atoms with Crippen molar-refractivity contribution in [2.45, 2.75) is 23.8 Å². The highest BCUT2D eigenvalue weighted by Crippen LogP contribution is 2.18. The van der Waals surface area contributed by atoms with Crippen LogP contribution in [-0.4, -0.2) is 45.7 Å². The lowest BCUT2D eigenvalue weighted by Crippen LogP contribution is -2.46. The van der Waals surface area contributed by atoms with E-state index in [1.165, 1.54) is 24.1 Å². The van der Waals surface area contributed by atoms with E-state index in [0.717, 1.165) is 0 Å². The molecule has 1 fully saturated rings. The molecule has 8 heteroatoms. The summed E-state index contributed by atoms with van der Waals surface area (Å²) in [5, 5.41) is 9.01. The number of piperidine rings is 1. The molecule has 1 aromatic carbocycles. The Morgan fingerprint density at radius 3 is 2.59 bits per heavy atom. The molecule has 118 valence electrons. The van der Waals surface area contributed by atoms with Crippen LogP contribution in [0.2, 0.25) is 0 Å².